The number of aromatic nitrogens is 2. The summed E-state index contributed by atoms with van der Waals surface area (Å²) in [5.41, 5.74) is 2.75. The van der Waals surface area contributed by atoms with Crippen LogP contribution >= 0.6 is 0 Å². The number of likely N-dealkylation sites (tertiary alicyclic amines) is 1. The van der Waals surface area contributed by atoms with Gasteiger partial charge in [-0.1, -0.05) is 24.3 Å². The Hall–Kier alpha value is -3.83. The lowest BCUT2D eigenvalue weighted by Gasteiger charge is -2.43. The van der Waals surface area contributed by atoms with Gasteiger partial charge in [0.15, 0.2) is 6.79 Å². The fraction of sp³-hybridized carbons (Fsp3) is 0.583. The Bertz CT molecular complexity index is 1600. The third kappa shape index (κ3) is 6.65. The summed E-state index contributed by atoms with van der Waals surface area (Å²) in [6.07, 6.45) is 4.82. The molecule has 5 heterocycles. The molecule has 1 aromatic heterocycles. The lowest BCUT2D eigenvalue weighted by atomic mass is 10.0. The van der Waals surface area contributed by atoms with Crippen LogP contribution in [0, 0.1) is 0 Å². The Morgan fingerprint density at radius 1 is 0.979 bits per heavy atom. The van der Waals surface area contributed by atoms with Gasteiger partial charge < -0.3 is 33.6 Å². The summed E-state index contributed by atoms with van der Waals surface area (Å²) in [7, 11) is 3.79. The minimum atomic E-state index is -0.522. The van der Waals surface area contributed by atoms with E-state index in [1.165, 1.54) is 17.4 Å². The summed E-state index contributed by atoms with van der Waals surface area (Å²) in [6.45, 7) is 10.5. The lowest BCUT2D eigenvalue weighted by molar-refractivity contribution is 0.0122. The molecule has 252 valence electrons. The van der Waals surface area contributed by atoms with Gasteiger partial charge in [-0.15, -0.1) is 0 Å². The van der Waals surface area contributed by atoms with Crippen LogP contribution in [0.15, 0.2) is 36.4 Å². The third-order valence-corrected chi connectivity index (χ3v) is 9.98. The van der Waals surface area contributed by atoms with Crippen LogP contribution in [0.25, 0.3) is 10.8 Å². The van der Waals surface area contributed by atoms with E-state index in [4.69, 9.17) is 28.9 Å². The van der Waals surface area contributed by atoms with Crippen molar-refractivity contribution in [3.05, 3.63) is 47.7 Å². The van der Waals surface area contributed by atoms with Gasteiger partial charge in [0, 0.05) is 55.5 Å². The number of carbonyl (C=O) groups excluding carboxylic acids is 1. The van der Waals surface area contributed by atoms with Gasteiger partial charge in [-0.3, -0.25) is 4.90 Å². The van der Waals surface area contributed by atoms with E-state index in [1.54, 1.807) is 7.11 Å². The van der Waals surface area contributed by atoms with Crippen LogP contribution in [-0.2, 0) is 22.4 Å². The van der Waals surface area contributed by atoms with Gasteiger partial charge in [0.1, 0.15) is 23.8 Å². The Balaban J connectivity index is 1.20. The average Bonchev–Trinajstić information content (AvgIpc) is 3.59. The first-order valence-electron chi connectivity index (χ1n) is 17.1. The van der Waals surface area contributed by atoms with E-state index in [2.05, 4.69) is 58.1 Å². The van der Waals surface area contributed by atoms with Crippen LogP contribution in [0.3, 0.4) is 0 Å². The molecule has 4 aliphatic heterocycles. The fourth-order valence-electron chi connectivity index (χ4n) is 7.70. The van der Waals surface area contributed by atoms with Crippen LogP contribution in [0.1, 0.15) is 57.7 Å². The zero-order valence-electron chi connectivity index (χ0n) is 28.4. The highest BCUT2D eigenvalue weighted by Crippen LogP contribution is 2.39. The first-order chi connectivity index (χ1) is 22.7. The maximum Gasteiger partial charge on any atom is 0.410 e. The van der Waals surface area contributed by atoms with Crippen molar-refractivity contribution < 1.29 is 23.7 Å². The van der Waals surface area contributed by atoms with E-state index >= 15 is 0 Å². The van der Waals surface area contributed by atoms with E-state index < -0.39 is 5.60 Å². The number of fused-ring (bicyclic) bond motifs is 4. The van der Waals surface area contributed by atoms with Gasteiger partial charge in [0.05, 0.1) is 24.3 Å². The monoisotopic (exact) mass is 644 g/mol. The van der Waals surface area contributed by atoms with Crippen molar-refractivity contribution in [1.29, 1.82) is 0 Å². The Morgan fingerprint density at radius 3 is 2.49 bits per heavy atom. The van der Waals surface area contributed by atoms with Crippen molar-refractivity contribution in [1.82, 2.24) is 19.8 Å². The predicted molar refractivity (Wildman–Crippen MR) is 181 cm³/mol. The minimum absolute atomic E-state index is 0.0898. The van der Waals surface area contributed by atoms with E-state index in [9.17, 15) is 4.79 Å². The quantitative estimate of drug-likeness (QED) is 0.304. The molecule has 2 aromatic carbocycles. The Kier molecular flexibility index (Phi) is 8.78. The first-order valence-corrected chi connectivity index (χ1v) is 17.1. The van der Waals surface area contributed by atoms with Crippen molar-refractivity contribution in [2.45, 2.75) is 83.1 Å². The number of nitrogens with zero attached hydrogens (tertiary/aromatic N) is 6. The van der Waals surface area contributed by atoms with Crippen LogP contribution in [0.2, 0.25) is 0 Å². The van der Waals surface area contributed by atoms with Crippen LogP contribution in [-0.4, -0.2) is 103 Å². The van der Waals surface area contributed by atoms with E-state index in [0.29, 0.717) is 25.2 Å². The summed E-state index contributed by atoms with van der Waals surface area (Å²) in [4.78, 5) is 32.5. The van der Waals surface area contributed by atoms with Gasteiger partial charge in [0.25, 0.3) is 0 Å². The highest BCUT2D eigenvalue weighted by Gasteiger charge is 2.45. The molecule has 1 amide bonds. The number of carbonyl (C=O) groups is 1. The van der Waals surface area contributed by atoms with Gasteiger partial charge in [-0.05, 0) is 77.9 Å². The zero-order valence-corrected chi connectivity index (χ0v) is 28.4. The summed E-state index contributed by atoms with van der Waals surface area (Å²) >= 11 is 0. The maximum absolute atomic E-state index is 13.2. The SMILES string of the molecule is COCOc1cc(N2CCc3c(nc(OC[C@@H]4CCCN4C)nc3N3CC4CCC(C3)N4C(=O)OC(C)(C)C)C2)c2ccccc2c1. The fourth-order valence-corrected chi connectivity index (χ4v) is 7.70. The van der Waals surface area contributed by atoms with Crippen molar-refractivity contribution >= 4 is 28.4 Å². The topological polar surface area (TPSA) is 92.7 Å². The molecule has 0 saturated carbocycles. The second-order valence-electron chi connectivity index (χ2n) is 14.4. The standard InChI is InChI=1S/C36H48N6O5/c1-36(2,3)47-35(43)42-25-12-13-26(42)20-41(19-25)33-30-14-16-40(21-31(30)37-34(38-33)45-22-27-10-8-15-39(27)4)32-18-28(46-23-44-5)17-24-9-6-7-11-29(24)32/h6-7,9,11,17-18,25-27H,8,10,12-16,19-23H2,1-5H3/t25?,26?,27-/m0/s1. The van der Waals surface area contributed by atoms with E-state index in [0.717, 1.165) is 80.2 Å². The zero-order chi connectivity index (χ0) is 32.7. The molecule has 2 unspecified atom stereocenters. The molecular weight excluding hydrogens is 596 g/mol. The van der Waals surface area contributed by atoms with E-state index in [-0.39, 0.29) is 25.0 Å². The number of ether oxygens (including phenoxy) is 4. The largest absolute Gasteiger partial charge is 0.467 e. The third-order valence-electron chi connectivity index (χ3n) is 9.98. The first kappa shape index (κ1) is 31.8. The lowest BCUT2D eigenvalue weighted by Crippen LogP contribution is -2.57. The van der Waals surface area contributed by atoms with Gasteiger partial charge in [-0.25, -0.2) is 4.79 Å². The number of benzene rings is 2. The molecule has 3 fully saturated rings. The smallest absolute Gasteiger partial charge is 0.410 e. The van der Waals surface area contributed by atoms with Gasteiger partial charge in [0.2, 0.25) is 0 Å². The number of anilines is 2. The number of methoxy groups -OCH3 is 1. The molecule has 47 heavy (non-hydrogen) atoms. The second kappa shape index (κ2) is 13.0. The molecule has 2 bridgehead atoms. The number of rotatable bonds is 8. The maximum atomic E-state index is 13.2. The Labute approximate surface area is 277 Å². The Morgan fingerprint density at radius 2 is 1.77 bits per heavy atom. The van der Waals surface area contributed by atoms with Crippen molar-refractivity contribution in [3.63, 3.8) is 0 Å². The van der Waals surface area contributed by atoms with Crippen LogP contribution < -0.4 is 19.3 Å². The highest BCUT2D eigenvalue weighted by atomic mass is 16.7. The average molecular weight is 645 g/mol. The molecule has 0 N–H and O–H groups in total. The number of hydrogen-bond acceptors (Lipinski definition) is 10. The molecule has 0 radical (unpaired) electrons. The number of piperazine rings is 1. The van der Waals surface area contributed by atoms with E-state index in [1.807, 2.05) is 25.7 Å². The van der Waals surface area contributed by atoms with Gasteiger partial charge in [-0.2, -0.15) is 9.97 Å². The molecule has 7 rings (SSSR count). The van der Waals surface area contributed by atoms with Crippen LogP contribution in [0.4, 0.5) is 16.3 Å². The number of hydrogen-bond donors (Lipinski definition) is 0. The highest BCUT2D eigenvalue weighted by molar-refractivity contribution is 5.95. The van der Waals surface area contributed by atoms with Crippen LogP contribution in [0.5, 0.6) is 11.8 Å². The molecule has 3 aromatic rings. The predicted octanol–water partition coefficient (Wildman–Crippen LogP) is 5.24. The molecule has 3 saturated heterocycles. The number of likely N-dealkylation sites (N-methyl/N-ethyl adjacent to an activating group) is 1. The molecule has 4 aliphatic rings. The van der Waals surface area contributed by atoms with Gasteiger partial charge >= 0.3 is 12.1 Å². The summed E-state index contributed by atoms with van der Waals surface area (Å²) in [6, 6.07) is 13.6. The molecule has 0 aliphatic carbocycles. The molecule has 11 nitrogen and oxygen atoms in total. The summed E-state index contributed by atoms with van der Waals surface area (Å²) < 4.78 is 23.3. The molecule has 11 heteroatoms. The van der Waals surface area contributed by atoms with Crippen molar-refractivity contribution in [2.24, 2.45) is 0 Å². The van der Waals surface area contributed by atoms with Crippen molar-refractivity contribution in [2.75, 3.05) is 63.5 Å². The minimum Gasteiger partial charge on any atom is -0.467 e. The molecular formula is C36H48N6O5. The second-order valence-corrected chi connectivity index (χ2v) is 14.4. The molecule has 0 spiro atoms. The normalized spacial score (nSPS) is 22.9. The van der Waals surface area contributed by atoms with Crippen molar-refractivity contribution in [3.8, 4) is 11.8 Å². The molecule has 3 atom stereocenters. The number of amides is 1. The summed E-state index contributed by atoms with van der Waals surface area (Å²) in [5.74, 6) is 1.73. The summed E-state index contributed by atoms with van der Waals surface area (Å²) in [5, 5.41) is 2.29.